The van der Waals surface area contributed by atoms with Crippen molar-refractivity contribution >= 4 is 10.9 Å². The van der Waals surface area contributed by atoms with Crippen LogP contribution in [-0.4, -0.2) is 39.7 Å². The first kappa shape index (κ1) is 21.6. The molecule has 2 fully saturated rings. The highest BCUT2D eigenvalue weighted by Gasteiger charge is 2.74. The van der Waals surface area contributed by atoms with Crippen LogP contribution >= 0.6 is 0 Å². The van der Waals surface area contributed by atoms with E-state index in [4.69, 9.17) is 9.47 Å². The molecule has 3 aromatic carbocycles. The molecule has 1 spiro atoms. The van der Waals surface area contributed by atoms with E-state index in [0.29, 0.717) is 12.4 Å². The molecule has 0 amide bonds. The van der Waals surface area contributed by atoms with Crippen LogP contribution in [0, 0.1) is 5.92 Å². The van der Waals surface area contributed by atoms with E-state index in [-0.39, 0.29) is 23.3 Å². The second-order valence-electron chi connectivity index (χ2n) is 12.2. The summed E-state index contributed by atoms with van der Waals surface area (Å²) in [6.07, 6.45) is 5.23. The predicted molar refractivity (Wildman–Crippen MR) is 146 cm³/mol. The summed E-state index contributed by atoms with van der Waals surface area (Å²) >= 11 is 0. The number of nitrogens with one attached hydrogen (secondary N) is 1. The van der Waals surface area contributed by atoms with Crippen molar-refractivity contribution in [3.05, 3.63) is 94.7 Å². The van der Waals surface area contributed by atoms with E-state index in [1.165, 1.54) is 46.2 Å². The smallest absolute Gasteiger partial charge is 0.166 e. The average Bonchev–Trinajstić information content (AvgIpc) is 3.58. The number of phenols is 1. The Hall–Kier alpha value is -3.28. The first-order valence-electron chi connectivity index (χ1n) is 14.2. The molecule has 4 aromatic rings. The van der Waals surface area contributed by atoms with Gasteiger partial charge in [-0.05, 0) is 67.0 Å². The van der Waals surface area contributed by atoms with Gasteiger partial charge in [-0.2, -0.15) is 0 Å². The van der Waals surface area contributed by atoms with Crippen LogP contribution in [0.15, 0.2) is 66.7 Å². The van der Waals surface area contributed by atoms with E-state index < -0.39 is 5.60 Å². The number of aromatic amines is 1. The fourth-order valence-electron chi connectivity index (χ4n) is 8.60. The van der Waals surface area contributed by atoms with Gasteiger partial charge in [-0.3, -0.25) is 4.90 Å². The molecule has 5 aliphatic rings. The minimum Gasteiger partial charge on any atom is -0.504 e. The molecule has 3 aliphatic carbocycles. The number of aromatic nitrogens is 1. The van der Waals surface area contributed by atoms with Crippen LogP contribution in [0.5, 0.6) is 11.5 Å². The molecule has 9 rings (SSSR count). The number of phenolic OH excluding ortho intramolecular Hbond substituents is 1. The molecule has 0 unspecified atom stereocenters. The second-order valence-corrected chi connectivity index (χ2v) is 12.2. The lowest BCUT2D eigenvalue weighted by atomic mass is 9.48. The Balaban J connectivity index is 1.31. The lowest BCUT2D eigenvalue weighted by Crippen LogP contribution is -2.75. The van der Waals surface area contributed by atoms with Gasteiger partial charge in [0.1, 0.15) is 5.60 Å². The number of hydrogen-bond donors (Lipinski definition) is 2. The highest BCUT2D eigenvalue weighted by Crippen LogP contribution is 2.70. The predicted octanol–water partition coefficient (Wildman–Crippen LogP) is 5.80. The summed E-state index contributed by atoms with van der Waals surface area (Å²) in [5.74, 6) is 1.75. The average molecular weight is 505 g/mol. The summed E-state index contributed by atoms with van der Waals surface area (Å²) in [6, 6.07) is 23.5. The topological polar surface area (TPSA) is 57.7 Å². The van der Waals surface area contributed by atoms with Gasteiger partial charge >= 0.3 is 0 Å². The number of ether oxygens (including phenoxy) is 2. The van der Waals surface area contributed by atoms with Crippen LogP contribution in [0.1, 0.15) is 53.3 Å². The lowest BCUT2D eigenvalue weighted by molar-refractivity contribution is -0.210. The zero-order valence-electron chi connectivity index (χ0n) is 21.5. The third kappa shape index (κ3) is 2.64. The van der Waals surface area contributed by atoms with Gasteiger partial charge in [0.25, 0.3) is 0 Å². The Morgan fingerprint density at radius 2 is 1.87 bits per heavy atom. The van der Waals surface area contributed by atoms with Crippen molar-refractivity contribution in [3.63, 3.8) is 0 Å². The molecule has 1 aromatic heterocycles. The second kappa shape index (κ2) is 7.43. The Kier molecular flexibility index (Phi) is 4.23. The van der Waals surface area contributed by atoms with Gasteiger partial charge in [0, 0.05) is 35.5 Å². The van der Waals surface area contributed by atoms with Crippen LogP contribution in [0.2, 0.25) is 0 Å². The van der Waals surface area contributed by atoms with E-state index in [9.17, 15) is 5.11 Å². The van der Waals surface area contributed by atoms with Gasteiger partial charge in [-0.1, -0.05) is 54.6 Å². The van der Waals surface area contributed by atoms with Crippen LogP contribution < -0.4 is 4.74 Å². The van der Waals surface area contributed by atoms with E-state index in [1.807, 2.05) is 6.07 Å². The monoisotopic (exact) mass is 504 g/mol. The molecular formula is C33H32N2O3. The van der Waals surface area contributed by atoms with Crippen molar-refractivity contribution in [2.45, 2.75) is 61.9 Å². The minimum absolute atomic E-state index is 0.206. The zero-order chi connectivity index (χ0) is 25.1. The summed E-state index contributed by atoms with van der Waals surface area (Å²) in [6.45, 7) is 2.77. The number of rotatable bonds is 5. The summed E-state index contributed by atoms with van der Waals surface area (Å²) in [5, 5.41) is 12.3. The van der Waals surface area contributed by atoms with Crippen LogP contribution in [0.25, 0.3) is 10.9 Å². The zero-order valence-corrected chi connectivity index (χ0v) is 21.5. The molecular weight excluding hydrogens is 472 g/mol. The summed E-state index contributed by atoms with van der Waals surface area (Å²) in [5.41, 5.74) is 6.58. The quantitative estimate of drug-likeness (QED) is 0.361. The summed E-state index contributed by atoms with van der Waals surface area (Å²) in [4.78, 5) is 6.54. The number of H-pyrrole nitrogens is 1. The van der Waals surface area contributed by atoms with Crippen molar-refractivity contribution in [2.24, 2.45) is 5.92 Å². The van der Waals surface area contributed by atoms with Gasteiger partial charge in [-0.15, -0.1) is 0 Å². The number of nitrogens with zero attached hydrogens (tertiary/aromatic N) is 1. The van der Waals surface area contributed by atoms with E-state index in [1.54, 1.807) is 0 Å². The number of likely N-dealkylation sites (tertiary alicyclic amines) is 1. The van der Waals surface area contributed by atoms with Crippen molar-refractivity contribution in [1.29, 1.82) is 0 Å². The molecule has 38 heavy (non-hydrogen) atoms. The maximum Gasteiger partial charge on any atom is 0.166 e. The fraction of sp³-hybridized carbons (Fsp3) is 0.394. The van der Waals surface area contributed by atoms with Gasteiger partial charge < -0.3 is 19.6 Å². The molecule has 2 N–H and O–H groups in total. The SMILES string of the molecule is Oc1ccc2c3c1O[C@H]1c4[nH]c5ccccc5c4C[C@@]4(OCc5ccccc5)[C@H](C2)N(CC2CC2)CC[C@]314. The number of hydrogen-bond acceptors (Lipinski definition) is 4. The van der Waals surface area contributed by atoms with Gasteiger partial charge in [0.2, 0.25) is 0 Å². The first-order chi connectivity index (χ1) is 18.7. The van der Waals surface area contributed by atoms with Crippen molar-refractivity contribution in [2.75, 3.05) is 13.1 Å². The Morgan fingerprint density at radius 1 is 1.03 bits per heavy atom. The molecule has 5 heteroatoms. The van der Waals surface area contributed by atoms with Crippen LogP contribution in [-0.2, 0) is 29.6 Å². The molecule has 3 heterocycles. The Bertz CT molecular complexity index is 1590. The van der Waals surface area contributed by atoms with Crippen molar-refractivity contribution < 1.29 is 14.6 Å². The van der Waals surface area contributed by atoms with E-state index >= 15 is 0 Å². The standard InChI is InChI=1S/C33H32N2O3/c36-26-13-12-22-16-27-33(37-19-21-6-2-1-3-7-21)17-24-23-8-4-5-9-25(23)34-29(24)31-32(33,28(22)30(26)38-31)14-15-35(27)18-20-10-11-20/h1-9,12-13,20,27,31,34,36H,10-11,14-19H2/t27-,31-,32-,33+/m0/s1. The van der Waals surface area contributed by atoms with E-state index in [0.717, 1.165) is 43.8 Å². The van der Waals surface area contributed by atoms with E-state index in [2.05, 4.69) is 70.5 Å². The number of para-hydroxylation sites is 1. The fourth-order valence-corrected chi connectivity index (χ4v) is 8.60. The number of benzene rings is 3. The highest BCUT2D eigenvalue weighted by molar-refractivity contribution is 5.86. The van der Waals surface area contributed by atoms with Crippen molar-refractivity contribution in [1.82, 2.24) is 9.88 Å². The van der Waals surface area contributed by atoms with Crippen molar-refractivity contribution in [3.8, 4) is 11.5 Å². The molecule has 1 saturated heterocycles. The molecule has 192 valence electrons. The minimum atomic E-state index is -0.454. The maximum atomic E-state index is 11.1. The summed E-state index contributed by atoms with van der Waals surface area (Å²) in [7, 11) is 0. The van der Waals surface area contributed by atoms with Gasteiger partial charge in [-0.25, -0.2) is 0 Å². The Labute approximate surface area is 222 Å². The largest absolute Gasteiger partial charge is 0.504 e. The third-order valence-electron chi connectivity index (χ3n) is 10.4. The molecule has 2 bridgehead atoms. The Morgan fingerprint density at radius 3 is 2.74 bits per heavy atom. The normalized spacial score (nSPS) is 30.6. The van der Waals surface area contributed by atoms with Crippen LogP contribution in [0.4, 0.5) is 0 Å². The number of piperidine rings is 1. The molecule has 4 atom stereocenters. The number of aromatic hydroxyl groups is 1. The third-order valence-corrected chi connectivity index (χ3v) is 10.4. The van der Waals surface area contributed by atoms with Gasteiger partial charge in [0.15, 0.2) is 17.6 Å². The highest BCUT2D eigenvalue weighted by atomic mass is 16.5. The summed E-state index contributed by atoms with van der Waals surface area (Å²) < 4.78 is 14.3. The first-order valence-corrected chi connectivity index (χ1v) is 14.2. The molecule has 2 aliphatic heterocycles. The maximum absolute atomic E-state index is 11.1. The molecule has 1 saturated carbocycles. The number of fused-ring (bicyclic) bond motifs is 4. The molecule has 5 nitrogen and oxygen atoms in total. The lowest BCUT2D eigenvalue weighted by Gasteiger charge is -2.64. The van der Waals surface area contributed by atoms with Crippen LogP contribution in [0.3, 0.4) is 0 Å². The molecule has 0 radical (unpaired) electrons. The van der Waals surface area contributed by atoms with Gasteiger partial charge in [0.05, 0.1) is 17.7 Å².